The third-order valence-electron chi connectivity index (χ3n) is 1.53. The van der Waals surface area contributed by atoms with Crippen molar-refractivity contribution in [3.63, 3.8) is 0 Å². The standard InChI is InChI=1S/C9H12N2O3/c1-6(12)5-14-8-2-3-11-4-7(8)9(10)13/h2-4,6,12H,5H2,1H3,(H2,10,13). The van der Waals surface area contributed by atoms with Gasteiger partial charge in [0.25, 0.3) is 5.91 Å². The third kappa shape index (κ3) is 2.70. The third-order valence-corrected chi connectivity index (χ3v) is 1.53. The molecule has 0 aliphatic heterocycles. The highest BCUT2D eigenvalue weighted by molar-refractivity contribution is 5.95. The van der Waals surface area contributed by atoms with Crippen LogP contribution in [0, 0.1) is 0 Å². The molecule has 1 atom stereocenters. The highest BCUT2D eigenvalue weighted by atomic mass is 16.5. The second kappa shape index (κ2) is 4.57. The van der Waals surface area contributed by atoms with Crippen molar-refractivity contribution in [3.05, 3.63) is 24.0 Å². The molecule has 5 heteroatoms. The number of aromatic nitrogens is 1. The number of carbonyl (C=O) groups is 1. The lowest BCUT2D eigenvalue weighted by Crippen LogP contribution is -2.17. The van der Waals surface area contributed by atoms with Crippen LogP contribution in [0.4, 0.5) is 0 Å². The molecule has 1 aromatic heterocycles. The summed E-state index contributed by atoms with van der Waals surface area (Å²) >= 11 is 0. The molecule has 1 rings (SSSR count). The molecule has 1 unspecified atom stereocenters. The molecule has 3 N–H and O–H groups in total. The van der Waals surface area contributed by atoms with E-state index in [9.17, 15) is 4.79 Å². The van der Waals surface area contributed by atoms with Gasteiger partial charge in [-0.3, -0.25) is 9.78 Å². The van der Waals surface area contributed by atoms with Gasteiger partial charge in [-0.1, -0.05) is 0 Å². The van der Waals surface area contributed by atoms with Crippen LogP contribution in [0.3, 0.4) is 0 Å². The number of aliphatic hydroxyl groups is 1. The summed E-state index contributed by atoms with van der Waals surface area (Å²) in [7, 11) is 0. The maximum atomic E-state index is 10.9. The number of aliphatic hydroxyl groups excluding tert-OH is 1. The van der Waals surface area contributed by atoms with Gasteiger partial charge in [0.05, 0.1) is 11.7 Å². The molecule has 0 fully saturated rings. The first-order valence-electron chi connectivity index (χ1n) is 4.16. The van der Waals surface area contributed by atoms with Crippen LogP contribution in [0.15, 0.2) is 18.5 Å². The van der Waals surface area contributed by atoms with Gasteiger partial charge in [0.15, 0.2) is 0 Å². The summed E-state index contributed by atoms with van der Waals surface area (Å²) < 4.78 is 5.17. The molecule has 5 nitrogen and oxygen atoms in total. The number of primary amides is 1. The number of nitrogens with two attached hydrogens (primary N) is 1. The number of hydrogen-bond donors (Lipinski definition) is 2. The minimum Gasteiger partial charge on any atom is -0.490 e. The molecule has 0 bridgehead atoms. The summed E-state index contributed by atoms with van der Waals surface area (Å²) in [5.41, 5.74) is 5.32. The van der Waals surface area contributed by atoms with Crippen molar-refractivity contribution < 1.29 is 14.6 Å². The number of rotatable bonds is 4. The minimum absolute atomic E-state index is 0.115. The molecule has 1 heterocycles. The lowest BCUT2D eigenvalue weighted by atomic mass is 10.2. The molecule has 0 aliphatic carbocycles. The fourth-order valence-electron chi connectivity index (χ4n) is 0.903. The summed E-state index contributed by atoms with van der Waals surface area (Å²) in [5.74, 6) is -0.257. The molecule has 0 aromatic carbocycles. The van der Waals surface area contributed by atoms with Crippen molar-refractivity contribution in [2.75, 3.05) is 6.61 Å². The molecule has 0 spiro atoms. The minimum atomic E-state index is -0.598. The number of pyridine rings is 1. The van der Waals surface area contributed by atoms with Gasteiger partial charge in [-0.2, -0.15) is 0 Å². The van der Waals surface area contributed by atoms with Gasteiger partial charge in [0.1, 0.15) is 12.4 Å². The zero-order valence-corrected chi connectivity index (χ0v) is 7.80. The van der Waals surface area contributed by atoms with E-state index in [2.05, 4.69) is 4.98 Å². The largest absolute Gasteiger partial charge is 0.490 e. The highest BCUT2D eigenvalue weighted by Crippen LogP contribution is 2.15. The first kappa shape index (κ1) is 10.5. The van der Waals surface area contributed by atoms with Crippen molar-refractivity contribution in [2.45, 2.75) is 13.0 Å². The van der Waals surface area contributed by atoms with E-state index in [0.29, 0.717) is 5.75 Å². The van der Waals surface area contributed by atoms with Crippen LogP contribution in [0.25, 0.3) is 0 Å². The van der Waals surface area contributed by atoms with Crippen molar-refractivity contribution >= 4 is 5.91 Å². The van der Waals surface area contributed by atoms with Crippen LogP contribution in [-0.2, 0) is 0 Å². The Bertz CT molecular complexity index is 326. The fraction of sp³-hybridized carbons (Fsp3) is 0.333. The van der Waals surface area contributed by atoms with Crippen LogP contribution in [0.1, 0.15) is 17.3 Å². The number of amides is 1. The maximum Gasteiger partial charge on any atom is 0.254 e. The van der Waals surface area contributed by atoms with E-state index >= 15 is 0 Å². The fourth-order valence-corrected chi connectivity index (χ4v) is 0.903. The number of ether oxygens (including phenoxy) is 1. The summed E-state index contributed by atoms with van der Waals surface area (Å²) in [4.78, 5) is 14.7. The summed E-state index contributed by atoms with van der Waals surface area (Å²) in [6, 6.07) is 1.53. The van der Waals surface area contributed by atoms with Crippen molar-refractivity contribution in [1.29, 1.82) is 0 Å². The molecule has 0 saturated carbocycles. The second-order valence-electron chi connectivity index (χ2n) is 2.90. The van der Waals surface area contributed by atoms with Crippen LogP contribution >= 0.6 is 0 Å². The first-order chi connectivity index (χ1) is 6.61. The van der Waals surface area contributed by atoms with E-state index in [1.165, 1.54) is 18.5 Å². The Hall–Kier alpha value is -1.62. The van der Waals surface area contributed by atoms with Crippen molar-refractivity contribution in [2.24, 2.45) is 5.73 Å². The van der Waals surface area contributed by atoms with E-state index in [1.54, 1.807) is 6.92 Å². The number of hydrogen-bond acceptors (Lipinski definition) is 4. The highest BCUT2D eigenvalue weighted by Gasteiger charge is 2.09. The maximum absolute atomic E-state index is 10.9. The molecule has 76 valence electrons. The van der Waals surface area contributed by atoms with Gasteiger partial charge in [-0.05, 0) is 13.0 Å². The molecule has 1 amide bonds. The Morgan fingerprint density at radius 1 is 1.79 bits per heavy atom. The topological polar surface area (TPSA) is 85.4 Å². The Balaban J connectivity index is 2.79. The molecule has 1 aromatic rings. The van der Waals surface area contributed by atoms with E-state index in [-0.39, 0.29) is 12.2 Å². The van der Waals surface area contributed by atoms with Crippen LogP contribution in [0.5, 0.6) is 5.75 Å². The number of nitrogens with zero attached hydrogens (tertiary/aromatic N) is 1. The molecule has 0 saturated heterocycles. The van der Waals surface area contributed by atoms with Gasteiger partial charge < -0.3 is 15.6 Å². The van der Waals surface area contributed by atoms with Gasteiger partial charge >= 0.3 is 0 Å². The molecule has 0 aliphatic rings. The predicted octanol–water partition coefficient (Wildman–Crippen LogP) is -0.0599. The van der Waals surface area contributed by atoms with E-state index < -0.39 is 12.0 Å². The van der Waals surface area contributed by atoms with Crippen molar-refractivity contribution in [1.82, 2.24) is 4.98 Å². The second-order valence-corrected chi connectivity index (χ2v) is 2.90. The first-order valence-corrected chi connectivity index (χ1v) is 4.16. The average molecular weight is 196 g/mol. The zero-order valence-electron chi connectivity index (χ0n) is 7.80. The lowest BCUT2D eigenvalue weighted by molar-refractivity contribution is 0.0982. The average Bonchev–Trinajstić information content (AvgIpc) is 2.15. The SMILES string of the molecule is CC(O)COc1ccncc1C(N)=O. The molecule has 14 heavy (non-hydrogen) atoms. The quantitative estimate of drug-likeness (QED) is 0.706. The Kier molecular flexibility index (Phi) is 3.41. The smallest absolute Gasteiger partial charge is 0.254 e. The van der Waals surface area contributed by atoms with Crippen LogP contribution < -0.4 is 10.5 Å². The number of carbonyl (C=O) groups excluding carboxylic acids is 1. The normalized spacial score (nSPS) is 12.1. The van der Waals surface area contributed by atoms with Crippen LogP contribution in [0.2, 0.25) is 0 Å². The summed E-state index contributed by atoms with van der Waals surface area (Å²) in [6.07, 6.45) is 2.23. The Morgan fingerprint density at radius 2 is 2.50 bits per heavy atom. The molecule has 0 radical (unpaired) electrons. The van der Waals surface area contributed by atoms with Crippen molar-refractivity contribution in [3.8, 4) is 5.75 Å². The predicted molar refractivity (Wildman–Crippen MR) is 49.9 cm³/mol. The lowest BCUT2D eigenvalue weighted by Gasteiger charge is -2.09. The van der Waals surface area contributed by atoms with E-state index in [4.69, 9.17) is 15.6 Å². The Morgan fingerprint density at radius 3 is 3.07 bits per heavy atom. The van der Waals surface area contributed by atoms with Gasteiger partial charge in [0.2, 0.25) is 0 Å². The molecular formula is C9H12N2O3. The van der Waals surface area contributed by atoms with E-state index in [0.717, 1.165) is 0 Å². The van der Waals surface area contributed by atoms with Gasteiger partial charge in [0, 0.05) is 12.4 Å². The van der Waals surface area contributed by atoms with Crippen LogP contribution in [-0.4, -0.2) is 28.7 Å². The van der Waals surface area contributed by atoms with E-state index in [1.807, 2.05) is 0 Å². The van der Waals surface area contributed by atoms with Gasteiger partial charge in [-0.25, -0.2) is 0 Å². The monoisotopic (exact) mass is 196 g/mol. The van der Waals surface area contributed by atoms with Gasteiger partial charge in [-0.15, -0.1) is 0 Å². The molecular weight excluding hydrogens is 184 g/mol. The summed E-state index contributed by atoms with van der Waals surface area (Å²) in [5, 5.41) is 8.99. The summed E-state index contributed by atoms with van der Waals surface area (Å²) in [6.45, 7) is 1.70. The zero-order chi connectivity index (χ0) is 10.6. The Labute approximate surface area is 81.5 Å².